The van der Waals surface area contributed by atoms with E-state index in [2.05, 4.69) is 15.4 Å². The number of benzene rings is 2. The van der Waals surface area contributed by atoms with Gasteiger partial charge in [-0.15, -0.1) is 5.10 Å². The lowest BCUT2D eigenvalue weighted by molar-refractivity contribution is -0.207. The van der Waals surface area contributed by atoms with Gasteiger partial charge in [-0.3, -0.25) is 5.32 Å². The summed E-state index contributed by atoms with van der Waals surface area (Å²) >= 11 is 0. The van der Waals surface area contributed by atoms with Gasteiger partial charge in [-0.05, 0) is 67.8 Å². The summed E-state index contributed by atoms with van der Waals surface area (Å²) in [5.41, 5.74) is 6.82. The van der Waals surface area contributed by atoms with Crippen molar-refractivity contribution in [2.45, 2.75) is 55.7 Å². The molecule has 188 valence electrons. The van der Waals surface area contributed by atoms with E-state index in [1.54, 1.807) is 23.8 Å². The van der Waals surface area contributed by atoms with Crippen LogP contribution >= 0.6 is 0 Å². The maximum atomic E-state index is 14.0. The number of ether oxygens (including phenoxy) is 1. The zero-order valence-corrected chi connectivity index (χ0v) is 19.8. The number of hydrogen-bond donors (Lipinski definition) is 2. The number of fused-ring (bicyclic) bond motifs is 3. The highest BCUT2D eigenvalue weighted by Crippen LogP contribution is 2.48. The van der Waals surface area contributed by atoms with E-state index < -0.39 is 11.7 Å². The van der Waals surface area contributed by atoms with Gasteiger partial charge < -0.3 is 10.5 Å². The average molecular weight is 497 g/mol. The number of piperidine rings is 1. The number of halogens is 3. The zero-order valence-electron chi connectivity index (χ0n) is 19.8. The number of nitrogen functional groups attached to an aromatic ring is 1. The molecule has 1 aliphatic heterocycles. The van der Waals surface area contributed by atoms with E-state index in [9.17, 15) is 13.2 Å². The first-order valence-corrected chi connectivity index (χ1v) is 12.2. The van der Waals surface area contributed by atoms with Gasteiger partial charge in [0.1, 0.15) is 16.8 Å². The number of aromatic nitrogens is 4. The fourth-order valence-corrected chi connectivity index (χ4v) is 5.68. The van der Waals surface area contributed by atoms with E-state index in [0.29, 0.717) is 41.3 Å². The van der Waals surface area contributed by atoms with Gasteiger partial charge in [0.05, 0.1) is 7.11 Å². The predicted molar refractivity (Wildman–Crippen MR) is 130 cm³/mol. The van der Waals surface area contributed by atoms with Crippen molar-refractivity contribution in [2.24, 2.45) is 0 Å². The molecule has 1 saturated carbocycles. The number of methoxy groups -OCH3 is 1. The normalized spacial score (nSPS) is 24.7. The lowest BCUT2D eigenvalue weighted by Gasteiger charge is -2.40. The lowest BCUT2D eigenvalue weighted by atomic mass is 9.70. The molecular weight excluding hydrogens is 469 g/mol. The van der Waals surface area contributed by atoms with Crippen LogP contribution in [0.3, 0.4) is 0 Å². The molecule has 0 spiro atoms. The summed E-state index contributed by atoms with van der Waals surface area (Å²) in [6, 6.07) is 12.6. The van der Waals surface area contributed by atoms with E-state index in [-0.39, 0.29) is 24.2 Å². The molecule has 2 aromatic heterocycles. The second-order valence-corrected chi connectivity index (χ2v) is 9.81. The Morgan fingerprint density at radius 3 is 2.50 bits per heavy atom. The van der Waals surface area contributed by atoms with Gasteiger partial charge in [0.2, 0.25) is 5.95 Å². The molecule has 4 aromatic rings. The SMILES string of the molecule is COc1cccc2c1nc(N)n1nc([C@H]3C[C@@H](c4ccc([C@@]5(C(F)(F)F)CCCCN5)cc4)C3)nc21. The molecule has 2 aliphatic rings. The summed E-state index contributed by atoms with van der Waals surface area (Å²) < 4.78 is 49.0. The molecule has 0 amide bonds. The number of rotatable bonds is 4. The van der Waals surface area contributed by atoms with E-state index in [1.165, 1.54) is 0 Å². The van der Waals surface area contributed by atoms with Crippen LogP contribution in [0.15, 0.2) is 42.5 Å². The second-order valence-electron chi connectivity index (χ2n) is 9.81. The molecule has 0 unspecified atom stereocenters. The predicted octanol–water partition coefficient (Wildman–Crippen LogP) is 5.06. The van der Waals surface area contributed by atoms with Crippen molar-refractivity contribution in [3.8, 4) is 5.75 Å². The Balaban J connectivity index is 1.23. The van der Waals surface area contributed by atoms with Crippen molar-refractivity contribution in [3.05, 3.63) is 59.4 Å². The molecule has 0 radical (unpaired) electrons. The van der Waals surface area contributed by atoms with Gasteiger partial charge in [0.15, 0.2) is 11.5 Å². The molecule has 2 aromatic carbocycles. The molecule has 3 heterocycles. The number of para-hydroxylation sites is 1. The minimum absolute atomic E-state index is 0.0689. The Kier molecular flexibility index (Phi) is 5.33. The lowest BCUT2D eigenvalue weighted by Crippen LogP contribution is -2.56. The van der Waals surface area contributed by atoms with Crippen LogP contribution in [0.25, 0.3) is 16.6 Å². The van der Waals surface area contributed by atoms with Gasteiger partial charge in [-0.2, -0.15) is 17.7 Å². The van der Waals surface area contributed by atoms with Crippen LogP contribution in [0.5, 0.6) is 5.75 Å². The minimum Gasteiger partial charge on any atom is -0.494 e. The fraction of sp³-hybridized carbons (Fsp3) is 0.423. The maximum absolute atomic E-state index is 14.0. The summed E-state index contributed by atoms with van der Waals surface area (Å²) in [6.45, 7) is 0.375. The van der Waals surface area contributed by atoms with Gasteiger partial charge in [0, 0.05) is 11.3 Å². The molecule has 10 heteroatoms. The summed E-state index contributed by atoms with van der Waals surface area (Å²) in [4.78, 5) is 9.23. The highest BCUT2D eigenvalue weighted by atomic mass is 19.4. The number of alkyl halides is 3. The van der Waals surface area contributed by atoms with Crippen molar-refractivity contribution < 1.29 is 17.9 Å². The topological polar surface area (TPSA) is 90.4 Å². The van der Waals surface area contributed by atoms with Crippen LogP contribution in [0.4, 0.5) is 19.1 Å². The average Bonchev–Trinajstić information content (AvgIpc) is 3.29. The Labute approximate surface area is 205 Å². The van der Waals surface area contributed by atoms with E-state index >= 15 is 0 Å². The van der Waals surface area contributed by atoms with Crippen molar-refractivity contribution in [3.63, 3.8) is 0 Å². The van der Waals surface area contributed by atoms with E-state index in [0.717, 1.165) is 30.2 Å². The summed E-state index contributed by atoms with van der Waals surface area (Å²) in [5, 5.41) is 8.20. The quantitative estimate of drug-likeness (QED) is 0.411. The van der Waals surface area contributed by atoms with Crippen molar-refractivity contribution in [1.82, 2.24) is 24.9 Å². The highest BCUT2D eigenvalue weighted by molar-refractivity contribution is 5.95. The number of nitrogens with zero attached hydrogens (tertiary/aromatic N) is 4. The zero-order chi connectivity index (χ0) is 25.1. The van der Waals surface area contributed by atoms with Crippen LogP contribution in [-0.2, 0) is 5.54 Å². The first kappa shape index (κ1) is 23.0. The first-order valence-electron chi connectivity index (χ1n) is 12.2. The second kappa shape index (κ2) is 8.33. The van der Waals surface area contributed by atoms with Crippen molar-refractivity contribution in [1.29, 1.82) is 0 Å². The summed E-state index contributed by atoms with van der Waals surface area (Å²) in [6.07, 6.45) is -1.29. The summed E-state index contributed by atoms with van der Waals surface area (Å²) in [5.74, 6) is 1.96. The van der Waals surface area contributed by atoms with Gasteiger partial charge >= 0.3 is 6.18 Å². The third-order valence-corrected chi connectivity index (χ3v) is 7.79. The minimum atomic E-state index is -4.34. The number of nitrogens with one attached hydrogen (secondary N) is 1. The third-order valence-electron chi connectivity index (χ3n) is 7.79. The molecule has 1 aliphatic carbocycles. The van der Waals surface area contributed by atoms with Crippen LogP contribution < -0.4 is 15.8 Å². The molecule has 3 N–H and O–H groups in total. The van der Waals surface area contributed by atoms with Crippen LogP contribution in [-0.4, -0.2) is 39.4 Å². The molecule has 1 saturated heterocycles. The van der Waals surface area contributed by atoms with Crippen LogP contribution in [0, 0.1) is 0 Å². The van der Waals surface area contributed by atoms with Crippen molar-refractivity contribution in [2.75, 3.05) is 19.4 Å². The summed E-state index contributed by atoms with van der Waals surface area (Å²) in [7, 11) is 1.59. The Bertz CT molecular complexity index is 1420. The molecule has 0 bridgehead atoms. The first-order chi connectivity index (χ1) is 17.3. The van der Waals surface area contributed by atoms with Crippen LogP contribution in [0.1, 0.15) is 60.9 Å². The standard InChI is InChI=1S/C26H27F3N6O/c1-36-20-6-4-5-19-21(20)32-24(30)35-23(19)33-22(34-35)17-13-16(14-17)15-7-9-18(10-8-15)25(26(27,28)29)11-2-3-12-31-25/h4-10,16-17,31H,2-3,11-14H2,1H3,(H2,30,32)/t16-,17+,25-/m1/s1. The fourth-order valence-electron chi connectivity index (χ4n) is 5.68. The van der Waals surface area contributed by atoms with Crippen molar-refractivity contribution >= 4 is 22.5 Å². The largest absolute Gasteiger partial charge is 0.494 e. The van der Waals surface area contributed by atoms with Gasteiger partial charge in [-0.25, -0.2) is 9.97 Å². The molecule has 6 rings (SSSR count). The van der Waals surface area contributed by atoms with Crippen LogP contribution in [0.2, 0.25) is 0 Å². The molecule has 36 heavy (non-hydrogen) atoms. The Morgan fingerprint density at radius 1 is 1.06 bits per heavy atom. The molecule has 7 nitrogen and oxygen atoms in total. The maximum Gasteiger partial charge on any atom is 0.410 e. The molecule has 2 fully saturated rings. The van der Waals surface area contributed by atoms with E-state index in [4.69, 9.17) is 15.5 Å². The number of hydrogen-bond acceptors (Lipinski definition) is 6. The highest BCUT2D eigenvalue weighted by Gasteiger charge is 2.56. The Morgan fingerprint density at radius 2 is 1.83 bits per heavy atom. The monoisotopic (exact) mass is 496 g/mol. The number of anilines is 1. The third kappa shape index (κ3) is 3.49. The molecule has 1 atom stereocenters. The van der Waals surface area contributed by atoms with E-state index in [1.807, 2.05) is 30.3 Å². The Hall–Kier alpha value is -3.40. The number of nitrogens with two attached hydrogens (primary N) is 1. The smallest absolute Gasteiger partial charge is 0.410 e. The van der Waals surface area contributed by atoms with Gasteiger partial charge in [-0.1, -0.05) is 30.3 Å². The van der Waals surface area contributed by atoms with Gasteiger partial charge in [0.25, 0.3) is 0 Å². The molecular formula is C26H27F3N6O.